The molecule has 6 heteroatoms. The Bertz CT molecular complexity index is 475. The quantitative estimate of drug-likeness (QED) is 0.818. The Morgan fingerprint density at radius 2 is 2.17 bits per heavy atom. The van der Waals surface area contributed by atoms with Gasteiger partial charge in [-0.25, -0.2) is 4.98 Å². The minimum Gasteiger partial charge on any atom is -0.480 e. The molecule has 1 aromatic heterocycles. The van der Waals surface area contributed by atoms with Gasteiger partial charge < -0.3 is 10.0 Å². The zero-order valence-electron chi connectivity index (χ0n) is 9.91. The average Bonchev–Trinajstić information content (AvgIpc) is 2.39. The van der Waals surface area contributed by atoms with E-state index in [9.17, 15) is 4.79 Å². The van der Waals surface area contributed by atoms with E-state index in [1.807, 2.05) is 17.0 Å². The lowest BCUT2D eigenvalue weighted by Crippen LogP contribution is -2.48. The molecule has 0 atom stereocenters. The molecule has 2 rings (SSSR count). The third-order valence-electron chi connectivity index (χ3n) is 2.95. The van der Waals surface area contributed by atoms with Gasteiger partial charge in [0.25, 0.3) is 0 Å². The Kier molecular flexibility index (Phi) is 3.75. The van der Waals surface area contributed by atoms with Gasteiger partial charge in [0, 0.05) is 38.1 Å². The average molecular weight is 246 g/mol. The summed E-state index contributed by atoms with van der Waals surface area (Å²) in [4.78, 5) is 18.6. The van der Waals surface area contributed by atoms with E-state index < -0.39 is 5.97 Å². The van der Waals surface area contributed by atoms with Gasteiger partial charge in [-0.15, -0.1) is 0 Å². The van der Waals surface area contributed by atoms with Crippen LogP contribution in [0.2, 0.25) is 0 Å². The van der Waals surface area contributed by atoms with Crippen molar-refractivity contribution in [1.82, 2.24) is 9.88 Å². The summed E-state index contributed by atoms with van der Waals surface area (Å²) in [6.07, 6.45) is 1.62. The highest BCUT2D eigenvalue weighted by Crippen LogP contribution is 2.16. The SMILES string of the molecule is N#Cc1cc(N2CCN(CC(=O)O)CC2)ccn1. The maximum absolute atomic E-state index is 10.6. The van der Waals surface area contributed by atoms with E-state index in [0.29, 0.717) is 5.69 Å². The van der Waals surface area contributed by atoms with E-state index in [4.69, 9.17) is 10.4 Å². The first-order valence-electron chi connectivity index (χ1n) is 5.74. The van der Waals surface area contributed by atoms with Crippen LogP contribution in [-0.4, -0.2) is 53.7 Å². The zero-order chi connectivity index (χ0) is 13.0. The van der Waals surface area contributed by atoms with Gasteiger partial charge in [0.15, 0.2) is 0 Å². The summed E-state index contributed by atoms with van der Waals surface area (Å²) < 4.78 is 0. The molecule has 0 bridgehead atoms. The number of hydrogen-bond acceptors (Lipinski definition) is 5. The molecule has 0 aromatic carbocycles. The van der Waals surface area contributed by atoms with Crippen LogP contribution in [0, 0.1) is 11.3 Å². The van der Waals surface area contributed by atoms with Crippen LogP contribution in [0.4, 0.5) is 5.69 Å². The lowest BCUT2D eigenvalue weighted by atomic mass is 10.2. The Morgan fingerprint density at radius 1 is 1.44 bits per heavy atom. The van der Waals surface area contributed by atoms with Crippen molar-refractivity contribution in [3.63, 3.8) is 0 Å². The molecule has 1 N–H and O–H groups in total. The molecular formula is C12H14N4O2. The second kappa shape index (κ2) is 5.47. The molecule has 0 saturated carbocycles. The van der Waals surface area contributed by atoms with Gasteiger partial charge in [0.05, 0.1) is 6.54 Å². The minimum atomic E-state index is -0.792. The number of aliphatic carboxylic acids is 1. The van der Waals surface area contributed by atoms with Gasteiger partial charge >= 0.3 is 5.97 Å². The van der Waals surface area contributed by atoms with Crippen molar-refractivity contribution in [2.45, 2.75) is 0 Å². The summed E-state index contributed by atoms with van der Waals surface area (Å²) in [5, 5.41) is 17.5. The van der Waals surface area contributed by atoms with Crippen molar-refractivity contribution in [2.24, 2.45) is 0 Å². The van der Waals surface area contributed by atoms with Crippen LogP contribution in [0.5, 0.6) is 0 Å². The molecule has 1 aliphatic rings. The Hall–Kier alpha value is -2.13. The number of pyridine rings is 1. The van der Waals surface area contributed by atoms with Gasteiger partial charge in [0.2, 0.25) is 0 Å². The number of carbonyl (C=O) groups is 1. The number of nitriles is 1. The number of carboxylic acids is 1. The van der Waals surface area contributed by atoms with Crippen LogP contribution >= 0.6 is 0 Å². The molecule has 2 heterocycles. The zero-order valence-corrected chi connectivity index (χ0v) is 9.91. The van der Waals surface area contributed by atoms with E-state index in [-0.39, 0.29) is 6.54 Å². The number of nitrogens with zero attached hydrogens (tertiary/aromatic N) is 4. The predicted molar refractivity (Wildman–Crippen MR) is 65.2 cm³/mol. The lowest BCUT2D eigenvalue weighted by Gasteiger charge is -2.35. The fourth-order valence-electron chi connectivity index (χ4n) is 2.03. The molecular weight excluding hydrogens is 232 g/mol. The number of rotatable bonds is 3. The Balaban J connectivity index is 1.97. The first-order valence-corrected chi connectivity index (χ1v) is 5.74. The van der Waals surface area contributed by atoms with Crippen LogP contribution in [0.3, 0.4) is 0 Å². The summed E-state index contributed by atoms with van der Waals surface area (Å²) in [6.45, 7) is 3.06. The second-order valence-corrected chi connectivity index (χ2v) is 4.17. The molecule has 18 heavy (non-hydrogen) atoms. The molecule has 6 nitrogen and oxygen atoms in total. The molecule has 0 amide bonds. The minimum absolute atomic E-state index is 0.0909. The van der Waals surface area contributed by atoms with E-state index in [0.717, 1.165) is 31.9 Å². The number of anilines is 1. The number of hydrogen-bond donors (Lipinski definition) is 1. The predicted octanol–water partition coefficient (Wildman–Crippen LogP) is 0.160. The lowest BCUT2D eigenvalue weighted by molar-refractivity contribution is -0.138. The van der Waals surface area contributed by atoms with Crippen molar-refractivity contribution < 1.29 is 9.90 Å². The highest BCUT2D eigenvalue weighted by molar-refractivity contribution is 5.69. The van der Waals surface area contributed by atoms with Crippen LogP contribution in [0.1, 0.15) is 5.69 Å². The molecule has 1 aromatic rings. The number of piperazine rings is 1. The highest BCUT2D eigenvalue weighted by Gasteiger charge is 2.18. The second-order valence-electron chi connectivity index (χ2n) is 4.17. The van der Waals surface area contributed by atoms with Crippen molar-refractivity contribution in [1.29, 1.82) is 5.26 Å². The highest BCUT2D eigenvalue weighted by atomic mass is 16.4. The van der Waals surface area contributed by atoms with Gasteiger partial charge in [-0.05, 0) is 12.1 Å². The monoisotopic (exact) mass is 246 g/mol. The van der Waals surface area contributed by atoms with Crippen LogP contribution in [-0.2, 0) is 4.79 Å². The van der Waals surface area contributed by atoms with Gasteiger partial charge in [0.1, 0.15) is 11.8 Å². The van der Waals surface area contributed by atoms with Crippen LogP contribution in [0.15, 0.2) is 18.3 Å². The largest absolute Gasteiger partial charge is 0.480 e. The van der Waals surface area contributed by atoms with Gasteiger partial charge in [-0.3, -0.25) is 9.69 Å². The first kappa shape index (κ1) is 12.3. The number of carboxylic acid groups (broad SMARTS) is 1. The smallest absolute Gasteiger partial charge is 0.317 e. The normalized spacial score (nSPS) is 16.3. The summed E-state index contributed by atoms with van der Waals surface area (Å²) in [6, 6.07) is 5.64. The van der Waals surface area contributed by atoms with Crippen molar-refractivity contribution in [3.05, 3.63) is 24.0 Å². The maximum atomic E-state index is 10.6. The van der Waals surface area contributed by atoms with Crippen molar-refractivity contribution in [2.75, 3.05) is 37.6 Å². The van der Waals surface area contributed by atoms with Gasteiger partial charge in [-0.2, -0.15) is 5.26 Å². The Morgan fingerprint density at radius 3 is 2.78 bits per heavy atom. The fourth-order valence-corrected chi connectivity index (χ4v) is 2.03. The van der Waals surface area contributed by atoms with E-state index in [1.54, 1.807) is 12.3 Å². The summed E-state index contributed by atoms with van der Waals surface area (Å²) in [7, 11) is 0. The molecule has 1 saturated heterocycles. The van der Waals surface area contributed by atoms with Crippen LogP contribution in [0.25, 0.3) is 0 Å². The summed E-state index contributed by atoms with van der Waals surface area (Å²) in [5.74, 6) is -0.792. The molecule has 0 radical (unpaired) electrons. The topological polar surface area (TPSA) is 80.5 Å². The maximum Gasteiger partial charge on any atom is 0.317 e. The fraction of sp³-hybridized carbons (Fsp3) is 0.417. The first-order chi connectivity index (χ1) is 8.69. The molecule has 1 fully saturated rings. The number of aromatic nitrogens is 1. The molecule has 0 unspecified atom stereocenters. The summed E-state index contributed by atoms with van der Waals surface area (Å²) in [5.41, 5.74) is 1.37. The third-order valence-corrected chi connectivity index (χ3v) is 2.95. The summed E-state index contributed by atoms with van der Waals surface area (Å²) >= 11 is 0. The van der Waals surface area contributed by atoms with Gasteiger partial charge in [-0.1, -0.05) is 0 Å². The molecule has 94 valence electrons. The van der Waals surface area contributed by atoms with Crippen molar-refractivity contribution in [3.8, 4) is 6.07 Å². The molecule has 0 aliphatic carbocycles. The molecule has 1 aliphatic heterocycles. The Labute approximate surface area is 105 Å². The third kappa shape index (κ3) is 2.96. The van der Waals surface area contributed by atoms with E-state index >= 15 is 0 Å². The van der Waals surface area contributed by atoms with Crippen LogP contribution < -0.4 is 4.90 Å². The van der Waals surface area contributed by atoms with E-state index in [1.165, 1.54) is 0 Å². The van der Waals surface area contributed by atoms with E-state index in [2.05, 4.69) is 9.88 Å². The molecule has 0 spiro atoms. The standard InChI is InChI=1S/C12H14N4O2/c13-8-10-7-11(1-2-14-10)16-5-3-15(4-6-16)9-12(17)18/h1-2,7H,3-6,9H2,(H,17,18). The van der Waals surface area contributed by atoms with Crippen molar-refractivity contribution >= 4 is 11.7 Å².